The van der Waals surface area contributed by atoms with Crippen LogP contribution >= 0.6 is 0 Å². The largest absolute Gasteiger partial charge is 3.00 e. The average Bonchev–Trinajstić information content (AvgIpc) is 3.49. The van der Waals surface area contributed by atoms with Crippen molar-refractivity contribution in [3.8, 4) is 34.0 Å². The van der Waals surface area contributed by atoms with Gasteiger partial charge in [0.25, 0.3) is 0 Å². The molecule has 0 aliphatic rings. The number of pyridine rings is 3. The summed E-state index contributed by atoms with van der Waals surface area (Å²) in [4.78, 5) is 21.5. The van der Waals surface area contributed by atoms with Gasteiger partial charge in [0.15, 0.2) is 0 Å². The second-order valence-corrected chi connectivity index (χ2v) is 8.23. The van der Waals surface area contributed by atoms with Crippen molar-refractivity contribution in [3.05, 3.63) is 158 Å². The Morgan fingerprint density at radius 1 is 0.475 bits per heavy atom. The molecular weight excluding hydrogens is 671 g/mol. The number of imidazole rings is 1. The van der Waals surface area contributed by atoms with Crippen LogP contribution in [0.2, 0.25) is 0 Å². The van der Waals surface area contributed by atoms with E-state index < -0.39 is 0 Å². The predicted molar refractivity (Wildman–Crippen MR) is 155 cm³/mol. The molecule has 0 bridgehead atoms. The fraction of sp³-hybridized carbons (Fsp3) is 0. The van der Waals surface area contributed by atoms with Gasteiger partial charge in [0, 0.05) is 18.6 Å². The summed E-state index contributed by atoms with van der Waals surface area (Å²) in [5.41, 5.74) is 6.66. The van der Waals surface area contributed by atoms with Crippen molar-refractivity contribution in [2.45, 2.75) is 0 Å². The fourth-order valence-corrected chi connectivity index (χ4v) is 3.67. The van der Waals surface area contributed by atoms with E-state index in [2.05, 4.69) is 37.1 Å². The number of benzene rings is 3. The third kappa shape index (κ3) is 7.87. The molecule has 3 aromatic carbocycles. The van der Waals surface area contributed by atoms with E-state index in [1.165, 1.54) is 0 Å². The van der Waals surface area contributed by atoms with Crippen LogP contribution in [-0.2, 0) is 20.1 Å². The number of fused-ring (bicyclic) bond motifs is 1. The Balaban J connectivity index is 0.000000138. The zero-order valence-corrected chi connectivity index (χ0v) is 23.8. The summed E-state index contributed by atoms with van der Waals surface area (Å²) in [6.45, 7) is 0. The molecule has 0 atom stereocenters. The molecule has 0 saturated carbocycles. The maximum atomic E-state index is 4.41. The van der Waals surface area contributed by atoms with Gasteiger partial charge < -0.3 is 19.9 Å². The number of hydrogen-bond acceptors (Lipinski definition) is 4. The molecule has 0 saturated heterocycles. The third-order valence-corrected chi connectivity index (χ3v) is 5.53. The number of aromatic nitrogens is 5. The maximum absolute atomic E-state index is 4.41. The maximum Gasteiger partial charge on any atom is 3.00 e. The van der Waals surface area contributed by atoms with Gasteiger partial charge in [-0.25, -0.2) is 0 Å². The van der Waals surface area contributed by atoms with E-state index in [1.807, 2.05) is 127 Å². The average molecular weight is 695 g/mol. The van der Waals surface area contributed by atoms with Crippen LogP contribution in [0.15, 0.2) is 146 Å². The molecule has 5 nitrogen and oxygen atoms in total. The molecule has 40 heavy (non-hydrogen) atoms. The minimum absolute atomic E-state index is 0. The molecule has 0 unspecified atom stereocenters. The van der Waals surface area contributed by atoms with Gasteiger partial charge in [0.1, 0.15) is 0 Å². The first-order valence-corrected chi connectivity index (χ1v) is 12.4. The van der Waals surface area contributed by atoms with Gasteiger partial charge in [-0.3, -0.25) is 4.98 Å². The van der Waals surface area contributed by atoms with Crippen LogP contribution in [0.5, 0.6) is 0 Å². The summed E-state index contributed by atoms with van der Waals surface area (Å²) < 4.78 is 0. The minimum Gasteiger partial charge on any atom is -0.434 e. The Morgan fingerprint density at radius 2 is 0.950 bits per heavy atom. The Hall–Kier alpha value is -4.77. The van der Waals surface area contributed by atoms with Crippen LogP contribution in [0.3, 0.4) is 0 Å². The van der Waals surface area contributed by atoms with E-state index in [4.69, 9.17) is 0 Å². The standard InChI is InChI=1S/C12H8N3.2C11H8N.Ir/c1-2-6-10-9(5-1)14-12(15-10)11-7-3-4-8-13-11;2*1-2-6-10(7-3-1)11-8-4-5-9-12-11;/h1-8H;2*1-6,8-9H;/q3*-1;+3. The number of hydrogen-bond donors (Lipinski definition) is 0. The topological polar surface area (TPSA) is 65.7 Å². The van der Waals surface area contributed by atoms with Crippen LogP contribution in [0.1, 0.15) is 0 Å². The second-order valence-electron chi connectivity index (χ2n) is 8.23. The van der Waals surface area contributed by atoms with Crippen LogP contribution in [0, 0.1) is 12.1 Å². The number of para-hydroxylation sites is 2. The quantitative estimate of drug-likeness (QED) is 0.181. The van der Waals surface area contributed by atoms with Crippen molar-refractivity contribution in [1.29, 1.82) is 0 Å². The Labute approximate surface area is 247 Å². The van der Waals surface area contributed by atoms with E-state index in [1.54, 1.807) is 18.6 Å². The molecule has 0 fully saturated rings. The Bertz CT molecular complexity index is 1490. The van der Waals surface area contributed by atoms with Gasteiger partial charge in [-0.1, -0.05) is 54.6 Å². The summed E-state index contributed by atoms with van der Waals surface area (Å²) in [6.07, 6.45) is 5.32. The van der Waals surface area contributed by atoms with Gasteiger partial charge >= 0.3 is 20.1 Å². The summed E-state index contributed by atoms with van der Waals surface area (Å²) in [5.74, 6) is 0.691. The minimum atomic E-state index is 0. The molecule has 0 spiro atoms. The zero-order valence-electron chi connectivity index (χ0n) is 21.4. The molecule has 7 rings (SSSR count). The smallest absolute Gasteiger partial charge is 0.434 e. The van der Waals surface area contributed by atoms with Crippen molar-refractivity contribution in [2.75, 3.05) is 0 Å². The van der Waals surface area contributed by atoms with Crippen LogP contribution in [-0.4, -0.2) is 19.9 Å². The van der Waals surface area contributed by atoms with Gasteiger partial charge in [0.2, 0.25) is 0 Å². The third-order valence-electron chi connectivity index (χ3n) is 5.53. The molecule has 4 aromatic heterocycles. The molecule has 6 heteroatoms. The van der Waals surface area contributed by atoms with E-state index in [0.29, 0.717) is 5.82 Å². The van der Waals surface area contributed by atoms with Gasteiger partial charge in [-0.05, 0) is 52.5 Å². The van der Waals surface area contributed by atoms with Gasteiger partial charge in [-0.15, -0.1) is 71.8 Å². The van der Waals surface area contributed by atoms with Crippen molar-refractivity contribution in [3.63, 3.8) is 0 Å². The van der Waals surface area contributed by atoms with E-state index in [9.17, 15) is 0 Å². The first-order chi connectivity index (χ1) is 19.4. The molecule has 0 radical (unpaired) electrons. The molecule has 4 heterocycles. The van der Waals surface area contributed by atoms with Gasteiger partial charge in [-0.2, -0.15) is 0 Å². The van der Waals surface area contributed by atoms with Gasteiger partial charge in [0.05, 0.1) is 5.69 Å². The Kier molecular flexibility index (Phi) is 10.6. The summed E-state index contributed by atoms with van der Waals surface area (Å²) >= 11 is 0. The Morgan fingerprint density at radius 3 is 1.40 bits per heavy atom. The number of rotatable bonds is 3. The van der Waals surface area contributed by atoms with Crippen LogP contribution in [0.4, 0.5) is 0 Å². The first kappa shape index (κ1) is 28.2. The molecule has 0 N–H and O–H groups in total. The number of nitrogens with zero attached hydrogens (tertiary/aromatic N) is 5. The van der Waals surface area contributed by atoms with E-state index >= 15 is 0 Å². The SMILES string of the molecule is [Ir+3].[c-]1ccccc1-c1ccccn1.[c-]1ccccc1-c1ccccn1.c1ccc(-c2nc3ccccc3[n-]2)nc1. The van der Waals surface area contributed by atoms with Crippen molar-refractivity contribution < 1.29 is 20.1 Å². The van der Waals surface area contributed by atoms with Crippen molar-refractivity contribution >= 4 is 11.0 Å². The zero-order chi connectivity index (χ0) is 26.5. The summed E-state index contributed by atoms with van der Waals surface area (Å²) in [6, 6.07) is 47.2. The monoisotopic (exact) mass is 695 g/mol. The molecular formula is C34H24IrN5. The van der Waals surface area contributed by atoms with E-state index in [0.717, 1.165) is 39.2 Å². The molecule has 0 aliphatic heterocycles. The van der Waals surface area contributed by atoms with Crippen LogP contribution < -0.4 is 4.98 Å². The second kappa shape index (κ2) is 15.0. The summed E-state index contributed by atoms with van der Waals surface area (Å²) in [5, 5.41) is 0. The molecule has 194 valence electrons. The van der Waals surface area contributed by atoms with Crippen molar-refractivity contribution in [1.82, 2.24) is 24.9 Å². The molecule has 0 amide bonds. The van der Waals surface area contributed by atoms with Crippen LogP contribution in [0.25, 0.3) is 45.1 Å². The predicted octanol–water partition coefficient (Wildman–Crippen LogP) is 7.35. The van der Waals surface area contributed by atoms with E-state index in [-0.39, 0.29) is 20.1 Å². The first-order valence-electron chi connectivity index (χ1n) is 12.4. The molecule has 0 aliphatic carbocycles. The normalized spacial score (nSPS) is 9.80. The van der Waals surface area contributed by atoms with Crippen molar-refractivity contribution in [2.24, 2.45) is 0 Å². The molecule has 7 aromatic rings. The summed E-state index contributed by atoms with van der Waals surface area (Å²) in [7, 11) is 0. The fourth-order valence-electron chi connectivity index (χ4n) is 3.67.